The number of carbonyl (C=O) groups is 2. The van der Waals surface area contributed by atoms with E-state index in [0.717, 1.165) is 12.1 Å². The lowest BCUT2D eigenvalue weighted by Crippen LogP contribution is -2.29. The highest BCUT2D eigenvalue weighted by atomic mass is 79.9. The molecule has 2 rings (SSSR count). The summed E-state index contributed by atoms with van der Waals surface area (Å²) in [6.45, 7) is 0.677. The SMILES string of the molecule is COC(=O)c1cc(N[C@@H]2CCNC2=O)ccc1Br. The van der Waals surface area contributed by atoms with Gasteiger partial charge < -0.3 is 15.4 Å². The molecule has 96 valence electrons. The van der Waals surface area contributed by atoms with Gasteiger partial charge in [-0.2, -0.15) is 0 Å². The number of ether oxygens (including phenoxy) is 1. The van der Waals surface area contributed by atoms with E-state index in [4.69, 9.17) is 0 Å². The molecule has 5 nitrogen and oxygen atoms in total. The van der Waals surface area contributed by atoms with Crippen molar-refractivity contribution in [2.24, 2.45) is 0 Å². The molecule has 18 heavy (non-hydrogen) atoms. The van der Waals surface area contributed by atoms with Crippen LogP contribution in [0.5, 0.6) is 0 Å². The van der Waals surface area contributed by atoms with Crippen molar-refractivity contribution >= 4 is 33.5 Å². The van der Waals surface area contributed by atoms with E-state index in [0.29, 0.717) is 16.6 Å². The summed E-state index contributed by atoms with van der Waals surface area (Å²) in [7, 11) is 1.33. The highest BCUT2D eigenvalue weighted by Crippen LogP contribution is 2.23. The summed E-state index contributed by atoms with van der Waals surface area (Å²) in [5, 5.41) is 5.84. The number of rotatable bonds is 3. The molecule has 1 aliphatic heterocycles. The van der Waals surface area contributed by atoms with Crippen molar-refractivity contribution < 1.29 is 14.3 Å². The van der Waals surface area contributed by atoms with Gasteiger partial charge in [-0.1, -0.05) is 0 Å². The number of methoxy groups -OCH3 is 1. The molecule has 6 heteroatoms. The van der Waals surface area contributed by atoms with Crippen LogP contribution in [0.15, 0.2) is 22.7 Å². The van der Waals surface area contributed by atoms with E-state index in [1.54, 1.807) is 12.1 Å². The molecule has 0 spiro atoms. The van der Waals surface area contributed by atoms with Crippen LogP contribution in [0, 0.1) is 0 Å². The van der Waals surface area contributed by atoms with Gasteiger partial charge in [-0.15, -0.1) is 0 Å². The van der Waals surface area contributed by atoms with Crippen molar-refractivity contribution in [3.8, 4) is 0 Å². The molecular formula is C12H13BrN2O3. The molecule has 1 heterocycles. The Balaban J connectivity index is 2.19. The molecular weight excluding hydrogens is 300 g/mol. The quantitative estimate of drug-likeness (QED) is 0.831. The van der Waals surface area contributed by atoms with E-state index < -0.39 is 5.97 Å². The van der Waals surface area contributed by atoms with Crippen molar-refractivity contribution in [1.29, 1.82) is 0 Å². The fraction of sp³-hybridized carbons (Fsp3) is 0.333. The fourth-order valence-electron chi connectivity index (χ4n) is 1.81. The minimum absolute atomic E-state index is 0.0162. The van der Waals surface area contributed by atoms with Crippen LogP contribution in [-0.2, 0) is 9.53 Å². The maximum Gasteiger partial charge on any atom is 0.339 e. The Bertz CT molecular complexity index is 490. The average molecular weight is 313 g/mol. The minimum atomic E-state index is -0.415. The number of esters is 1. The third kappa shape index (κ3) is 2.64. The average Bonchev–Trinajstić information content (AvgIpc) is 2.76. The molecule has 1 saturated heterocycles. The van der Waals surface area contributed by atoms with Crippen molar-refractivity contribution in [3.05, 3.63) is 28.2 Å². The third-order valence-corrected chi connectivity index (χ3v) is 3.45. The molecule has 2 N–H and O–H groups in total. The van der Waals surface area contributed by atoms with Gasteiger partial charge in [0.2, 0.25) is 5.91 Å². The minimum Gasteiger partial charge on any atom is -0.465 e. The largest absolute Gasteiger partial charge is 0.465 e. The topological polar surface area (TPSA) is 67.4 Å². The molecule has 0 unspecified atom stereocenters. The number of nitrogens with one attached hydrogen (secondary N) is 2. The Morgan fingerprint density at radius 1 is 1.56 bits per heavy atom. The van der Waals surface area contributed by atoms with Crippen molar-refractivity contribution in [3.63, 3.8) is 0 Å². The van der Waals surface area contributed by atoms with Crippen molar-refractivity contribution in [2.45, 2.75) is 12.5 Å². The first-order valence-electron chi connectivity index (χ1n) is 5.54. The number of anilines is 1. The zero-order valence-corrected chi connectivity index (χ0v) is 11.4. The van der Waals surface area contributed by atoms with Gasteiger partial charge in [-0.25, -0.2) is 4.79 Å². The lowest BCUT2D eigenvalue weighted by Gasteiger charge is -2.12. The number of halogens is 1. The van der Waals surface area contributed by atoms with Gasteiger partial charge in [0, 0.05) is 16.7 Å². The number of amides is 1. The second-order valence-electron chi connectivity index (χ2n) is 3.96. The second kappa shape index (κ2) is 5.39. The van der Waals surface area contributed by atoms with Crippen molar-refractivity contribution in [2.75, 3.05) is 19.0 Å². The van der Waals surface area contributed by atoms with E-state index in [1.165, 1.54) is 7.11 Å². The Labute approximate surface area is 113 Å². The van der Waals surface area contributed by atoms with Crippen LogP contribution in [-0.4, -0.2) is 31.6 Å². The summed E-state index contributed by atoms with van der Waals surface area (Å²) in [6.07, 6.45) is 0.739. The standard InChI is InChI=1S/C12H13BrN2O3/c1-18-12(17)8-6-7(2-3-9(8)13)15-10-4-5-14-11(10)16/h2-3,6,10,15H,4-5H2,1H3,(H,14,16)/t10-/m1/s1. The highest BCUT2D eigenvalue weighted by Gasteiger charge is 2.24. The van der Waals surface area contributed by atoms with Gasteiger partial charge in [0.1, 0.15) is 6.04 Å². The first kappa shape index (κ1) is 12.9. The summed E-state index contributed by atoms with van der Waals surface area (Å²) in [5.41, 5.74) is 1.15. The molecule has 0 radical (unpaired) electrons. The van der Waals surface area contributed by atoms with Gasteiger partial charge in [0.05, 0.1) is 12.7 Å². The fourth-order valence-corrected chi connectivity index (χ4v) is 2.22. The Hall–Kier alpha value is -1.56. The molecule has 1 aromatic carbocycles. The van der Waals surface area contributed by atoms with Gasteiger partial charge in [0.25, 0.3) is 0 Å². The maximum absolute atomic E-state index is 11.5. The Kier molecular flexibility index (Phi) is 3.86. The second-order valence-corrected chi connectivity index (χ2v) is 4.82. The summed E-state index contributed by atoms with van der Waals surface area (Å²) in [5.74, 6) is -0.432. The summed E-state index contributed by atoms with van der Waals surface area (Å²) in [4.78, 5) is 23.0. The smallest absolute Gasteiger partial charge is 0.339 e. The van der Waals surface area contributed by atoms with Gasteiger partial charge in [-0.05, 0) is 40.5 Å². The number of hydrogen-bond acceptors (Lipinski definition) is 4. The summed E-state index contributed by atoms with van der Waals surface area (Å²) >= 11 is 3.29. The van der Waals surface area contributed by atoms with Crippen LogP contribution in [0.25, 0.3) is 0 Å². The molecule has 0 aromatic heterocycles. The number of carbonyl (C=O) groups excluding carboxylic acids is 2. The first-order valence-corrected chi connectivity index (χ1v) is 6.33. The summed E-state index contributed by atoms with van der Waals surface area (Å²) in [6, 6.07) is 4.99. The number of benzene rings is 1. The summed E-state index contributed by atoms with van der Waals surface area (Å²) < 4.78 is 5.35. The van der Waals surface area contributed by atoms with Gasteiger partial charge in [-0.3, -0.25) is 4.79 Å². The number of hydrogen-bond donors (Lipinski definition) is 2. The van der Waals surface area contributed by atoms with Crippen molar-refractivity contribution in [1.82, 2.24) is 5.32 Å². The van der Waals surface area contributed by atoms with E-state index in [9.17, 15) is 9.59 Å². The normalized spacial score (nSPS) is 18.3. The van der Waals surface area contributed by atoms with E-state index in [1.807, 2.05) is 6.07 Å². The molecule has 1 aromatic rings. The maximum atomic E-state index is 11.5. The Morgan fingerprint density at radius 2 is 2.33 bits per heavy atom. The van der Waals surface area contributed by atoms with Crippen LogP contribution < -0.4 is 10.6 Å². The molecule has 1 aliphatic rings. The van der Waals surface area contributed by atoms with Gasteiger partial charge >= 0.3 is 5.97 Å². The lowest BCUT2D eigenvalue weighted by atomic mass is 10.1. The zero-order valence-electron chi connectivity index (χ0n) is 9.83. The highest BCUT2D eigenvalue weighted by molar-refractivity contribution is 9.10. The van der Waals surface area contributed by atoms with Crippen LogP contribution in [0.1, 0.15) is 16.8 Å². The van der Waals surface area contributed by atoms with Crippen LogP contribution in [0.2, 0.25) is 0 Å². The molecule has 0 saturated carbocycles. The molecule has 0 bridgehead atoms. The molecule has 1 fully saturated rings. The Morgan fingerprint density at radius 3 is 2.94 bits per heavy atom. The third-order valence-electron chi connectivity index (χ3n) is 2.76. The van der Waals surface area contributed by atoms with Crippen LogP contribution in [0.3, 0.4) is 0 Å². The van der Waals surface area contributed by atoms with E-state index in [2.05, 4.69) is 31.3 Å². The lowest BCUT2D eigenvalue weighted by molar-refractivity contribution is -0.119. The van der Waals surface area contributed by atoms with E-state index >= 15 is 0 Å². The molecule has 1 atom stereocenters. The predicted octanol–water partition coefficient (Wildman–Crippen LogP) is 1.54. The van der Waals surface area contributed by atoms with Crippen LogP contribution >= 0.6 is 15.9 Å². The van der Waals surface area contributed by atoms with Gasteiger partial charge in [0.15, 0.2) is 0 Å². The van der Waals surface area contributed by atoms with Crippen LogP contribution in [0.4, 0.5) is 5.69 Å². The molecule has 0 aliphatic carbocycles. The predicted molar refractivity (Wildman–Crippen MR) is 70.5 cm³/mol. The monoisotopic (exact) mass is 312 g/mol. The van der Waals surface area contributed by atoms with E-state index in [-0.39, 0.29) is 11.9 Å². The molecule has 1 amide bonds. The zero-order chi connectivity index (χ0) is 13.1. The first-order chi connectivity index (χ1) is 8.61.